The van der Waals surface area contributed by atoms with Gasteiger partial charge in [0.05, 0.1) is 4.90 Å². The van der Waals surface area contributed by atoms with Gasteiger partial charge in [0.15, 0.2) is 0 Å². The van der Waals surface area contributed by atoms with Crippen molar-refractivity contribution in [1.82, 2.24) is 9.21 Å². The molecule has 1 atom stereocenters. The van der Waals surface area contributed by atoms with E-state index in [1.807, 2.05) is 40.9 Å². The third-order valence-electron chi connectivity index (χ3n) is 4.76. The number of benzene rings is 2. The van der Waals surface area contributed by atoms with Gasteiger partial charge in [-0.15, -0.1) is 0 Å². The van der Waals surface area contributed by atoms with Crippen molar-refractivity contribution in [1.29, 1.82) is 0 Å². The number of sulfonamides is 1. The van der Waals surface area contributed by atoms with E-state index in [0.717, 1.165) is 27.1 Å². The maximum Gasteiger partial charge on any atom is 0.253 e. The van der Waals surface area contributed by atoms with E-state index < -0.39 is 10.0 Å². The number of hydrogen-bond acceptors (Lipinski definition) is 4. The normalized spacial score (nSPS) is 18.1. The van der Waals surface area contributed by atoms with Crippen LogP contribution in [0.3, 0.4) is 0 Å². The fourth-order valence-electron chi connectivity index (χ4n) is 3.12. The number of carbonyl (C=O) groups excluding carboxylic acids is 1. The molecule has 1 unspecified atom stereocenters. The molecule has 1 aliphatic heterocycles. The van der Waals surface area contributed by atoms with Gasteiger partial charge >= 0.3 is 0 Å². The van der Waals surface area contributed by atoms with Crippen molar-refractivity contribution >= 4 is 39.3 Å². The fraction of sp³-hybridized carbons (Fsp3) is 0.350. The molecule has 1 aliphatic rings. The molecule has 0 aliphatic carbocycles. The predicted molar refractivity (Wildman–Crippen MR) is 114 cm³/mol. The zero-order valence-corrected chi connectivity index (χ0v) is 18.2. The number of thioether (sulfide) groups is 1. The van der Waals surface area contributed by atoms with Gasteiger partial charge < -0.3 is 4.90 Å². The first kappa shape index (κ1) is 21.2. The van der Waals surface area contributed by atoms with Crippen LogP contribution >= 0.6 is 23.4 Å². The van der Waals surface area contributed by atoms with Crippen molar-refractivity contribution in [3.05, 3.63) is 64.7 Å². The number of nitrogens with zero attached hydrogens (tertiary/aromatic N) is 2. The molecule has 28 heavy (non-hydrogen) atoms. The van der Waals surface area contributed by atoms with E-state index in [4.69, 9.17) is 11.6 Å². The van der Waals surface area contributed by atoms with Crippen molar-refractivity contribution in [2.45, 2.75) is 16.6 Å². The van der Waals surface area contributed by atoms with Crippen LogP contribution in [0.25, 0.3) is 0 Å². The van der Waals surface area contributed by atoms with Crippen LogP contribution in [-0.2, 0) is 10.0 Å². The molecular weight excluding hydrogens is 416 g/mol. The smallest absolute Gasteiger partial charge is 0.253 e. The van der Waals surface area contributed by atoms with Crippen LogP contribution in [0.1, 0.15) is 27.6 Å². The second kappa shape index (κ2) is 8.86. The Hall–Kier alpha value is -1.54. The Labute approximate surface area is 175 Å². The molecule has 0 radical (unpaired) electrons. The number of rotatable bonds is 4. The fourth-order valence-corrected chi connectivity index (χ4v) is 5.62. The van der Waals surface area contributed by atoms with Crippen molar-refractivity contribution in [3.8, 4) is 0 Å². The first-order chi connectivity index (χ1) is 13.3. The summed E-state index contributed by atoms with van der Waals surface area (Å²) in [5.41, 5.74) is 1.61. The monoisotopic (exact) mass is 438 g/mol. The molecule has 2 aromatic rings. The number of amides is 1. The minimum absolute atomic E-state index is 0.0748. The molecule has 1 amide bonds. The zero-order chi connectivity index (χ0) is 20.3. The highest BCUT2D eigenvalue weighted by molar-refractivity contribution is 7.99. The van der Waals surface area contributed by atoms with Crippen LogP contribution in [-0.4, -0.2) is 56.5 Å². The predicted octanol–water partition coefficient (Wildman–Crippen LogP) is 3.91. The zero-order valence-electron chi connectivity index (χ0n) is 15.8. The minimum Gasteiger partial charge on any atom is -0.338 e. The number of hydrogen-bond donors (Lipinski definition) is 0. The maximum atomic E-state index is 12.9. The summed E-state index contributed by atoms with van der Waals surface area (Å²) in [7, 11) is -0.530. The Morgan fingerprint density at radius 2 is 1.79 bits per heavy atom. The van der Waals surface area contributed by atoms with Gasteiger partial charge in [0.2, 0.25) is 10.0 Å². The summed E-state index contributed by atoms with van der Waals surface area (Å²) in [5, 5.41) is 1.02. The average Bonchev–Trinajstić information content (AvgIpc) is 2.94. The molecule has 2 aromatic carbocycles. The largest absolute Gasteiger partial charge is 0.338 e. The molecule has 8 heteroatoms. The molecule has 0 bridgehead atoms. The Kier molecular flexibility index (Phi) is 6.70. The molecule has 3 rings (SSSR count). The molecular formula is C20H23ClN2O3S2. The third-order valence-corrected chi connectivity index (χ3v) is 8.24. The lowest BCUT2D eigenvalue weighted by molar-refractivity contribution is 0.0766. The highest BCUT2D eigenvalue weighted by Crippen LogP contribution is 2.38. The molecule has 0 spiro atoms. The highest BCUT2D eigenvalue weighted by atomic mass is 35.5. The van der Waals surface area contributed by atoms with Crippen LogP contribution in [0.4, 0.5) is 0 Å². The maximum absolute atomic E-state index is 12.9. The van der Waals surface area contributed by atoms with E-state index in [0.29, 0.717) is 18.7 Å². The van der Waals surface area contributed by atoms with E-state index in [9.17, 15) is 13.2 Å². The minimum atomic E-state index is -3.50. The van der Waals surface area contributed by atoms with Gasteiger partial charge in [0.25, 0.3) is 5.91 Å². The van der Waals surface area contributed by atoms with Crippen LogP contribution in [0, 0.1) is 0 Å². The van der Waals surface area contributed by atoms with Gasteiger partial charge in [-0.3, -0.25) is 4.79 Å². The summed E-state index contributed by atoms with van der Waals surface area (Å²) >= 11 is 8.15. The summed E-state index contributed by atoms with van der Waals surface area (Å²) in [5.74, 6) is 0.753. The molecule has 1 heterocycles. The van der Waals surface area contributed by atoms with E-state index in [2.05, 4.69) is 0 Å². The van der Waals surface area contributed by atoms with E-state index in [1.54, 1.807) is 12.1 Å². The molecule has 1 fully saturated rings. The van der Waals surface area contributed by atoms with E-state index in [-0.39, 0.29) is 16.1 Å². The van der Waals surface area contributed by atoms with E-state index >= 15 is 0 Å². The van der Waals surface area contributed by atoms with Crippen LogP contribution in [0.2, 0.25) is 5.02 Å². The van der Waals surface area contributed by atoms with Crippen molar-refractivity contribution in [2.24, 2.45) is 0 Å². The Morgan fingerprint density at radius 3 is 2.43 bits per heavy atom. The van der Waals surface area contributed by atoms with Gasteiger partial charge in [-0.25, -0.2) is 12.7 Å². The highest BCUT2D eigenvalue weighted by Gasteiger charge is 2.24. The summed E-state index contributed by atoms with van der Waals surface area (Å²) in [6, 6.07) is 14.0. The van der Waals surface area contributed by atoms with Gasteiger partial charge in [0.1, 0.15) is 0 Å². The molecule has 0 aromatic heterocycles. The third kappa shape index (κ3) is 4.54. The lowest BCUT2D eigenvalue weighted by Crippen LogP contribution is -2.33. The molecule has 150 valence electrons. The standard InChI is InChI=1S/C20H23ClN2O3S2/c1-22(2)28(25,26)16-9-7-15(8-10-16)20(24)23-12-11-19(27-14-13-23)17-5-3-4-6-18(17)21/h3-10,19H,11-14H2,1-2H3. The molecule has 0 N–H and O–H groups in total. The summed E-state index contributed by atoms with van der Waals surface area (Å²) < 4.78 is 25.5. The van der Waals surface area contributed by atoms with Gasteiger partial charge in [0, 0.05) is 48.8 Å². The second-order valence-electron chi connectivity index (χ2n) is 6.77. The molecule has 5 nitrogen and oxygen atoms in total. The van der Waals surface area contributed by atoms with Gasteiger partial charge in [-0.2, -0.15) is 11.8 Å². The lowest BCUT2D eigenvalue weighted by atomic mass is 10.1. The Bertz CT molecular complexity index is 946. The first-order valence-corrected chi connectivity index (χ1v) is 11.9. The van der Waals surface area contributed by atoms with Crippen LogP contribution in [0.5, 0.6) is 0 Å². The van der Waals surface area contributed by atoms with Crippen molar-refractivity contribution in [3.63, 3.8) is 0 Å². The Morgan fingerprint density at radius 1 is 1.11 bits per heavy atom. The van der Waals surface area contributed by atoms with Crippen LogP contribution in [0.15, 0.2) is 53.4 Å². The molecule has 1 saturated heterocycles. The SMILES string of the molecule is CN(C)S(=O)(=O)c1ccc(C(=O)N2CCSC(c3ccccc3Cl)CC2)cc1. The molecule has 0 saturated carbocycles. The topological polar surface area (TPSA) is 57.7 Å². The summed E-state index contributed by atoms with van der Waals surface area (Å²) in [6.07, 6.45) is 0.827. The van der Waals surface area contributed by atoms with Gasteiger partial charge in [-0.05, 0) is 42.3 Å². The second-order valence-corrected chi connectivity index (χ2v) is 10.6. The average molecular weight is 439 g/mol. The Balaban J connectivity index is 1.71. The lowest BCUT2D eigenvalue weighted by Gasteiger charge is -2.21. The summed E-state index contributed by atoms with van der Waals surface area (Å²) in [6.45, 7) is 1.29. The first-order valence-electron chi connectivity index (χ1n) is 8.98. The van der Waals surface area contributed by atoms with Crippen LogP contribution < -0.4 is 0 Å². The summed E-state index contributed by atoms with van der Waals surface area (Å²) in [4.78, 5) is 14.9. The number of carbonyl (C=O) groups is 1. The van der Waals surface area contributed by atoms with Crippen molar-refractivity contribution < 1.29 is 13.2 Å². The quantitative estimate of drug-likeness (QED) is 0.726. The van der Waals surface area contributed by atoms with Gasteiger partial charge in [-0.1, -0.05) is 29.8 Å². The number of halogens is 1. The van der Waals surface area contributed by atoms with Crippen molar-refractivity contribution in [2.75, 3.05) is 32.9 Å². The van der Waals surface area contributed by atoms with E-state index in [1.165, 1.54) is 26.2 Å².